The van der Waals surface area contributed by atoms with Gasteiger partial charge in [-0.25, -0.2) is 0 Å². The van der Waals surface area contributed by atoms with E-state index in [0.717, 1.165) is 0 Å². The molecular formula is C13H22O6S2. The summed E-state index contributed by atoms with van der Waals surface area (Å²) < 4.78 is 33.3. The Morgan fingerprint density at radius 1 is 1.00 bits per heavy atom. The fourth-order valence-electron chi connectivity index (χ4n) is 2.40. The number of esters is 2. The van der Waals surface area contributed by atoms with Crippen LogP contribution in [0, 0.1) is 11.8 Å². The summed E-state index contributed by atoms with van der Waals surface area (Å²) in [6, 6.07) is 0. The molecule has 0 bridgehead atoms. The third-order valence-corrected chi connectivity index (χ3v) is 7.83. The Hall–Kier alpha value is -0.760. The molecule has 1 heterocycles. The predicted molar refractivity (Wildman–Crippen MR) is 80.3 cm³/mol. The van der Waals surface area contributed by atoms with Gasteiger partial charge in [-0.1, -0.05) is 6.92 Å². The molecule has 1 fully saturated rings. The summed E-state index contributed by atoms with van der Waals surface area (Å²) in [4.78, 5) is 24.2. The number of rotatable bonds is 7. The maximum absolute atomic E-state index is 12.1. The number of hydrogen-bond donors (Lipinski definition) is 0. The van der Waals surface area contributed by atoms with E-state index in [1.54, 1.807) is 20.8 Å². The molecule has 0 spiro atoms. The van der Waals surface area contributed by atoms with Crippen LogP contribution in [0.1, 0.15) is 27.2 Å². The molecule has 8 heteroatoms. The van der Waals surface area contributed by atoms with Gasteiger partial charge in [0.1, 0.15) is 4.58 Å². The van der Waals surface area contributed by atoms with Gasteiger partial charge in [0, 0.05) is 39.0 Å². The van der Waals surface area contributed by atoms with Gasteiger partial charge in [-0.3, -0.25) is 18.0 Å². The maximum Gasteiger partial charge on any atom is 0.320 e. The zero-order valence-corrected chi connectivity index (χ0v) is 14.2. The first-order chi connectivity index (χ1) is 9.97. The molecule has 0 aromatic heterocycles. The Balaban J connectivity index is 3.07. The molecule has 0 aliphatic carbocycles. The second-order valence-corrected chi connectivity index (χ2v) is 8.25. The largest absolute Gasteiger partial charge is 0.465 e. The SMILES string of the molecule is CCOC(=O)C(C(=O)OCC)C(CC)C1[S@](=O)CC[S@@]1=O. The van der Waals surface area contributed by atoms with Gasteiger partial charge in [0.2, 0.25) is 0 Å². The molecule has 0 radical (unpaired) electrons. The first kappa shape index (κ1) is 18.3. The highest BCUT2D eigenvalue weighted by molar-refractivity contribution is 8.06. The molecule has 1 saturated heterocycles. The van der Waals surface area contributed by atoms with Crippen molar-refractivity contribution in [2.24, 2.45) is 11.8 Å². The van der Waals surface area contributed by atoms with Gasteiger partial charge in [-0.15, -0.1) is 0 Å². The zero-order chi connectivity index (χ0) is 16.0. The van der Waals surface area contributed by atoms with Crippen molar-refractivity contribution in [2.75, 3.05) is 24.7 Å². The molecule has 0 aromatic carbocycles. The van der Waals surface area contributed by atoms with E-state index in [1.807, 2.05) is 0 Å². The minimum atomic E-state index is -1.30. The number of carbonyl (C=O) groups is 2. The molecule has 1 rings (SSSR count). The van der Waals surface area contributed by atoms with Crippen LogP contribution in [-0.4, -0.2) is 49.7 Å². The van der Waals surface area contributed by atoms with Crippen molar-refractivity contribution in [3.63, 3.8) is 0 Å². The van der Waals surface area contributed by atoms with Crippen molar-refractivity contribution in [1.29, 1.82) is 0 Å². The highest BCUT2D eigenvalue weighted by Gasteiger charge is 2.47. The van der Waals surface area contributed by atoms with Gasteiger partial charge < -0.3 is 9.47 Å². The van der Waals surface area contributed by atoms with E-state index in [2.05, 4.69) is 0 Å². The Kier molecular flexibility index (Phi) is 7.51. The summed E-state index contributed by atoms with van der Waals surface area (Å²) in [6.07, 6.45) is 0.407. The molecule has 0 N–H and O–H groups in total. The Morgan fingerprint density at radius 2 is 1.43 bits per heavy atom. The molecule has 4 atom stereocenters. The minimum absolute atomic E-state index is 0.141. The summed E-state index contributed by atoms with van der Waals surface area (Å²) in [7, 11) is -2.60. The van der Waals surface area contributed by atoms with Crippen LogP contribution >= 0.6 is 0 Å². The third-order valence-electron chi connectivity index (χ3n) is 3.33. The molecule has 2 unspecified atom stereocenters. The monoisotopic (exact) mass is 338 g/mol. The molecule has 0 aromatic rings. The second-order valence-electron chi connectivity index (χ2n) is 4.59. The minimum Gasteiger partial charge on any atom is -0.465 e. The van der Waals surface area contributed by atoms with Crippen molar-refractivity contribution >= 4 is 33.5 Å². The van der Waals surface area contributed by atoms with Crippen molar-refractivity contribution < 1.29 is 27.5 Å². The predicted octanol–water partition coefficient (Wildman–Crippen LogP) is 0.592. The van der Waals surface area contributed by atoms with Crippen molar-refractivity contribution in [2.45, 2.75) is 31.8 Å². The lowest BCUT2D eigenvalue weighted by molar-refractivity contribution is -0.164. The Labute approximate surface area is 129 Å². The average Bonchev–Trinajstić information content (AvgIpc) is 2.76. The van der Waals surface area contributed by atoms with Crippen LogP contribution in [0.15, 0.2) is 0 Å². The smallest absolute Gasteiger partial charge is 0.320 e. The Morgan fingerprint density at radius 3 is 1.76 bits per heavy atom. The van der Waals surface area contributed by atoms with Gasteiger partial charge in [0.15, 0.2) is 5.92 Å². The van der Waals surface area contributed by atoms with E-state index in [4.69, 9.17) is 9.47 Å². The quantitative estimate of drug-likeness (QED) is 0.499. The maximum atomic E-state index is 12.1. The van der Waals surface area contributed by atoms with E-state index in [9.17, 15) is 18.0 Å². The second kappa shape index (κ2) is 8.63. The fraction of sp³-hybridized carbons (Fsp3) is 0.846. The van der Waals surface area contributed by atoms with Gasteiger partial charge >= 0.3 is 11.9 Å². The van der Waals surface area contributed by atoms with E-state index in [0.29, 0.717) is 17.9 Å². The van der Waals surface area contributed by atoms with Crippen LogP contribution in [0.4, 0.5) is 0 Å². The van der Waals surface area contributed by atoms with E-state index in [1.165, 1.54) is 0 Å². The zero-order valence-electron chi connectivity index (χ0n) is 12.5. The van der Waals surface area contributed by atoms with Gasteiger partial charge in [0.25, 0.3) is 0 Å². The van der Waals surface area contributed by atoms with Crippen LogP contribution < -0.4 is 0 Å². The van der Waals surface area contributed by atoms with Gasteiger partial charge in [-0.05, 0) is 20.3 Å². The van der Waals surface area contributed by atoms with Crippen LogP contribution in [0.3, 0.4) is 0 Å². The lowest BCUT2D eigenvalue weighted by atomic mass is 9.91. The van der Waals surface area contributed by atoms with Crippen LogP contribution in [0.5, 0.6) is 0 Å². The molecule has 6 nitrogen and oxygen atoms in total. The number of hydrogen-bond acceptors (Lipinski definition) is 6. The van der Waals surface area contributed by atoms with Crippen LogP contribution in [-0.2, 0) is 40.7 Å². The lowest BCUT2D eigenvalue weighted by Crippen LogP contribution is -2.41. The summed E-state index contributed by atoms with van der Waals surface area (Å²) in [5.41, 5.74) is 0. The van der Waals surface area contributed by atoms with Crippen molar-refractivity contribution in [1.82, 2.24) is 0 Å². The number of carbonyl (C=O) groups excluding carboxylic acids is 2. The first-order valence-electron chi connectivity index (χ1n) is 7.05. The van der Waals surface area contributed by atoms with Gasteiger partial charge in [-0.2, -0.15) is 0 Å². The molecule has 1 aliphatic heterocycles. The summed E-state index contributed by atoms with van der Waals surface area (Å²) in [6.45, 7) is 5.35. The summed E-state index contributed by atoms with van der Waals surface area (Å²) in [5, 5.41) is 0. The molecule has 21 heavy (non-hydrogen) atoms. The van der Waals surface area contributed by atoms with Gasteiger partial charge in [0.05, 0.1) is 13.2 Å². The highest BCUT2D eigenvalue weighted by Crippen LogP contribution is 2.31. The summed E-state index contributed by atoms with van der Waals surface area (Å²) in [5.74, 6) is -2.45. The third kappa shape index (κ3) is 4.35. The molecular weight excluding hydrogens is 316 g/mol. The standard InChI is InChI=1S/C13H22O6S2/c1-4-9(13-20(16)7-8-21(13)17)10(11(14)18-5-2)12(15)19-6-3/h9-10,13H,4-8H2,1-3H3/t9?,13?,20-,21+. The van der Waals surface area contributed by atoms with E-state index >= 15 is 0 Å². The van der Waals surface area contributed by atoms with Crippen molar-refractivity contribution in [3.8, 4) is 0 Å². The van der Waals surface area contributed by atoms with E-state index in [-0.39, 0.29) is 13.2 Å². The molecule has 1 aliphatic rings. The normalized spacial score (nSPS) is 26.6. The fourth-order valence-corrected chi connectivity index (χ4v) is 7.19. The Bertz CT molecular complexity index is 402. The average molecular weight is 338 g/mol. The molecule has 0 amide bonds. The highest BCUT2D eigenvalue weighted by atomic mass is 32.3. The van der Waals surface area contributed by atoms with Crippen molar-refractivity contribution in [3.05, 3.63) is 0 Å². The topological polar surface area (TPSA) is 86.7 Å². The van der Waals surface area contributed by atoms with E-state index < -0.39 is 50.0 Å². The lowest BCUT2D eigenvalue weighted by Gasteiger charge is -2.26. The summed E-state index contributed by atoms with van der Waals surface area (Å²) >= 11 is 0. The van der Waals surface area contributed by atoms with Crippen LogP contribution in [0.25, 0.3) is 0 Å². The van der Waals surface area contributed by atoms with Crippen LogP contribution in [0.2, 0.25) is 0 Å². The first-order valence-corrected chi connectivity index (χ1v) is 9.81. The molecule has 122 valence electrons. The number of ether oxygens (including phenoxy) is 2. The molecule has 0 saturated carbocycles.